The molecule has 0 aromatic heterocycles. The standard InChI is InChI=1S/C13H18N2O2/c16-9-11-3-1-10(2-4-11)7-14-8-13(17)15-12-5-6-12/h1-4,12,14,16H,5-9H2,(H,15,17). The van der Waals surface area contributed by atoms with Gasteiger partial charge in [-0.2, -0.15) is 0 Å². The quantitative estimate of drug-likeness (QED) is 0.673. The highest BCUT2D eigenvalue weighted by atomic mass is 16.3. The second-order valence-corrected chi connectivity index (χ2v) is 4.42. The Hall–Kier alpha value is -1.39. The van der Waals surface area contributed by atoms with E-state index >= 15 is 0 Å². The highest BCUT2D eigenvalue weighted by Crippen LogP contribution is 2.18. The van der Waals surface area contributed by atoms with Crippen molar-refractivity contribution in [3.63, 3.8) is 0 Å². The summed E-state index contributed by atoms with van der Waals surface area (Å²) in [5.41, 5.74) is 2.02. The number of hydrogen-bond donors (Lipinski definition) is 3. The Labute approximate surface area is 101 Å². The first kappa shape index (κ1) is 12.1. The molecule has 92 valence electrons. The summed E-state index contributed by atoms with van der Waals surface area (Å²) in [6, 6.07) is 8.12. The van der Waals surface area contributed by atoms with Crippen molar-refractivity contribution in [2.75, 3.05) is 6.54 Å². The third kappa shape index (κ3) is 4.17. The Kier molecular flexibility index (Phi) is 4.12. The maximum Gasteiger partial charge on any atom is 0.234 e. The van der Waals surface area contributed by atoms with Crippen LogP contribution in [0, 0.1) is 0 Å². The molecule has 0 bridgehead atoms. The van der Waals surface area contributed by atoms with Crippen LogP contribution >= 0.6 is 0 Å². The van der Waals surface area contributed by atoms with Crippen LogP contribution in [0.5, 0.6) is 0 Å². The lowest BCUT2D eigenvalue weighted by Gasteiger charge is -2.06. The minimum atomic E-state index is 0.0670. The zero-order chi connectivity index (χ0) is 12.1. The minimum absolute atomic E-state index is 0.0670. The van der Waals surface area contributed by atoms with Gasteiger partial charge >= 0.3 is 0 Å². The second kappa shape index (κ2) is 5.80. The van der Waals surface area contributed by atoms with Crippen LogP contribution in [-0.4, -0.2) is 23.6 Å². The third-order valence-corrected chi connectivity index (χ3v) is 2.76. The number of aliphatic hydroxyl groups excluding tert-OH is 1. The summed E-state index contributed by atoms with van der Waals surface area (Å²) in [4.78, 5) is 11.4. The predicted molar refractivity (Wildman–Crippen MR) is 65.2 cm³/mol. The summed E-state index contributed by atoms with van der Waals surface area (Å²) >= 11 is 0. The topological polar surface area (TPSA) is 61.4 Å². The van der Waals surface area contributed by atoms with Gasteiger partial charge in [-0.3, -0.25) is 4.79 Å². The van der Waals surface area contributed by atoms with E-state index in [0.717, 1.165) is 24.0 Å². The van der Waals surface area contributed by atoms with Crippen molar-refractivity contribution in [3.8, 4) is 0 Å². The van der Waals surface area contributed by atoms with Gasteiger partial charge in [0, 0.05) is 12.6 Å². The summed E-state index contributed by atoms with van der Waals surface area (Å²) < 4.78 is 0. The molecule has 0 radical (unpaired) electrons. The molecular formula is C13H18N2O2. The first-order valence-corrected chi connectivity index (χ1v) is 5.96. The van der Waals surface area contributed by atoms with Crippen LogP contribution in [-0.2, 0) is 17.9 Å². The van der Waals surface area contributed by atoms with Crippen LogP contribution in [0.15, 0.2) is 24.3 Å². The molecule has 0 unspecified atom stereocenters. The molecule has 1 fully saturated rings. The number of aliphatic hydroxyl groups is 1. The Morgan fingerprint density at radius 2 is 1.88 bits per heavy atom. The Morgan fingerprint density at radius 3 is 2.47 bits per heavy atom. The fourth-order valence-electron chi connectivity index (χ4n) is 1.59. The molecule has 3 N–H and O–H groups in total. The third-order valence-electron chi connectivity index (χ3n) is 2.76. The van der Waals surface area contributed by atoms with Gasteiger partial charge in [0.1, 0.15) is 0 Å². The van der Waals surface area contributed by atoms with Gasteiger partial charge in [0.2, 0.25) is 5.91 Å². The van der Waals surface area contributed by atoms with Gasteiger partial charge in [0.15, 0.2) is 0 Å². The zero-order valence-corrected chi connectivity index (χ0v) is 9.78. The molecule has 1 aliphatic carbocycles. The zero-order valence-electron chi connectivity index (χ0n) is 9.78. The summed E-state index contributed by atoms with van der Waals surface area (Å²) in [6.45, 7) is 1.10. The van der Waals surface area contributed by atoms with E-state index in [1.165, 1.54) is 0 Å². The van der Waals surface area contributed by atoms with Gasteiger partial charge in [0.25, 0.3) is 0 Å². The van der Waals surface area contributed by atoms with Gasteiger partial charge in [-0.25, -0.2) is 0 Å². The van der Waals surface area contributed by atoms with E-state index in [-0.39, 0.29) is 12.5 Å². The van der Waals surface area contributed by atoms with Crippen LogP contribution in [0.1, 0.15) is 24.0 Å². The molecule has 1 aromatic rings. The molecule has 4 heteroatoms. The average Bonchev–Trinajstić information content (AvgIpc) is 3.14. The number of carbonyl (C=O) groups is 1. The van der Waals surface area contributed by atoms with E-state index in [1.54, 1.807) is 0 Å². The molecule has 0 heterocycles. The van der Waals surface area contributed by atoms with E-state index in [4.69, 9.17) is 5.11 Å². The van der Waals surface area contributed by atoms with Gasteiger partial charge in [-0.15, -0.1) is 0 Å². The normalized spacial score (nSPS) is 14.6. The first-order chi connectivity index (χ1) is 8.28. The van der Waals surface area contributed by atoms with Crippen molar-refractivity contribution in [3.05, 3.63) is 35.4 Å². The van der Waals surface area contributed by atoms with Gasteiger partial charge < -0.3 is 15.7 Å². The Balaban J connectivity index is 1.67. The maximum atomic E-state index is 11.4. The van der Waals surface area contributed by atoms with Gasteiger partial charge in [0.05, 0.1) is 13.2 Å². The Bertz CT molecular complexity index is 372. The van der Waals surface area contributed by atoms with Crippen molar-refractivity contribution in [2.45, 2.75) is 32.0 Å². The average molecular weight is 234 g/mol. The molecule has 17 heavy (non-hydrogen) atoms. The summed E-state index contributed by atoms with van der Waals surface area (Å²) in [5.74, 6) is 0.0690. The molecule has 0 aliphatic heterocycles. The van der Waals surface area contributed by atoms with E-state index < -0.39 is 0 Å². The van der Waals surface area contributed by atoms with E-state index in [0.29, 0.717) is 19.1 Å². The largest absolute Gasteiger partial charge is 0.392 e. The summed E-state index contributed by atoms with van der Waals surface area (Å²) in [5, 5.41) is 14.9. The van der Waals surface area contributed by atoms with Crippen molar-refractivity contribution < 1.29 is 9.90 Å². The van der Waals surface area contributed by atoms with Crippen molar-refractivity contribution in [1.82, 2.24) is 10.6 Å². The number of nitrogens with one attached hydrogen (secondary N) is 2. The monoisotopic (exact) mass is 234 g/mol. The highest BCUT2D eigenvalue weighted by molar-refractivity contribution is 5.78. The summed E-state index contributed by atoms with van der Waals surface area (Å²) in [7, 11) is 0. The van der Waals surface area contributed by atoms with E-state index in [2.05, 4.69) is 10.6 Å². The first-order valence-electron chi connectivity index (χ1n) is 5.96. The van der Waals surface area contributed by atoms with Crippen LogP contribution in [0.25, 0.3) is 0 Å². The SMILES string of the molecule is O=C(CNCc1ccc(CO)cc1)NC1CC1. The number of carbonyl (C=O) groups excluding carboxylic acids is 1. The van der Waals surface area contributed by atoms with Gasteiger partial charge in [-0.05, 0) is 24.0 Å². The molecule has 2 rings (SSSR count). The van der Waals surface area contributed by atoms with Crippen molar-refractivity contribution in [1.29, 1.82) is 0 Å². The molecule has 1 saturated carbocycles. The minimum Gasteiger partial charge on any atom is -0.392 e. The molecule has 4 nitrogen and oxygen atoms in total. The highest BCUT2D eigenvalue weighted by Gasteiger charge is 2.22. The lowest BCUT2D eigenvalue weighted by atomic mass is 10.1. The van der Waals surface area contributed by atoms with Gasteiger partial charge in [-0.1, -0.05) is 24.3 Å². The number of rotatable bonds is 6. The second-order valence-electron chi connectivity index (χ2n) is 4.42. The van der Waals surface area contributed by atoms with Crippen molar-refractivity contribution in [2.24, 2.45) is 0 Å². The van der Waals surface area contributed by atoms with Crippen LogP contribution in [0.2, 0.25) is 0 Å². The fraction of sp³-hybridized carbons (Fsp3) is 0.462. The van der Waals surface area contributed by atoms with E-state index in [9.17, 15) is 4.79 Å². The van der Waals surface area contributed by atoms with E-state index in [1.807, 2.05) is 24.3 Å². The molecule has 1 aliphatic rings. The number of amides is 1. The molecule has 0 spiro atoms. The molecule has 1 amide bonds. The molecule has 0 atom stereocenters. The lowest BCUT2D eigenvalue weighted by Crippen LogP contribution is -2.34. The van der Waals surface area contributed by atoms with Crippen LogP contribution in [0.3, 0.4) is 0 Å². The smallest absolute Gasteiger partial charge is 0.234 e. The Morgan fingerprint density at radius 1 is 1.24 bits per heavy atom. The van der Waals surface area contributed by atoms with Crippen molar-refractivity contribution >= 4 is 5.91 Å². The van der Waals surface area contributed by atoms with Crippen LogP contribution < -0.4 is 10.6 Å². The number of benzene rings is 1. The fourth-order valence-corrected chi connectivity index (χ4v) is 1.59. The number of hydrogen-bond acceptors (Lipinski definition) is 3. The summed E-state index contributed by atoms with van der Waals surface area (Å²) in [6.07, 6.45) is 2.24. The molecular weight excluding hydrogens is 216 g/mol. The molecule has 0 saturated heterocycles. The maximum absolute atomic E-state index is 11.4. The van der Waals surface area contributed by atoms with Crippen LogP contribution in [0.4, 0.5) is 0 Å². The predicted octanol–water partition coefficient (Wildman–Crippen LogP) is 0.547. The lowest BCUT2D eigenvalue weighted by molar-refractivity contribution is -0.120. The molecule has 1 aromatic carbocycles.